The topological polar surface area (TPSA) is 83.5 Å². The van der Waals surface area contributed by atoms with Crippen molar-refractivity contribution in [1.29, 1.82) is 0 Å². The van der Waals surface area contributed by atoms with E-state index >= 15 is 0 Å². The lowest BCUT2D eigenvalue weighted by atomic mass is 10.1. The van der Waals surface area contributed by atoms with Crippen molar-refractivity contribution in [2.24, 2.45) is 0 Å². The van der Waals surface area contributed by atoms with Crippen molar-refractivity contribution in [3.63, 3.8) is 0 Å². The molecule has 30 heavy (non-hydrogen) atoms. The number of sulfonamides is 2. The van der Waals surface area contributed by atoms with E-state index in [2.05, 4.69) is 4.72 Å². The van der Waals surface area contributed by atoms with E-state index in [-0.39, 0.29) is 6.54 Å². The Labute approximate surface area is 180 Å². The largest absolute Gasteiger partial charge is 0.243 e. The summed E-state index contributed by atoms with van der Waals surface area (Å²) in [6, 6.07) is 10.5. The van der Waals surface area contributed by atoms with Gasteiger partial charge in [0.15, 0.2) is 0 Å². The number of nitrogens with zero attached hydrogens (tertiary/aromatic N) is 1. The van der Waals surface area contributed by atoms with E-state index in [1.807, 2.05) is 19.1 Å². The molecule has 8 heteroatoms. The van der Waals surface area contributed by atoms with Crippen LogP contribution in [0.4, 0.5) is 0 Å². The molecule has 0 aliphatic carbocycles. The maximum Gasteiger partial charge on any atom is 0.243 e. The number of hydrogen-bond acceptors (Lipinski definition) is 4. The van der Waals surface area contributed by atoms with Crippen LogP contribution in [0, 0.1) is 20.8 Å². The predicted molar refractivity (Wildman–Crippen MR) is 119 cm³/mol. The summed E-state index contributed by atoms with van der Waals surface area (Å²) in [5.74, 6) is 0. The van der Waals surface area contributed by atoms with E-state index in [1.54, 1.807) is 42.4 Å². The molecule has 1 fully saturated rings. The monoisotopic (exact) mass is 450 g/mol. The number of benzene rings is 2. The quantitative estimate of drug-likeness (QED) is 0.701. The third kappa shape index (κ3) is 5.11. The summed E-state index contributed by atoms with van der Waals surface area (Å²) in [6.45, 7) is 6.94. The highest BCUT2D eigenvalue weighted by atomic mass is 32.2. The number of aryl methyl sites for hydroxylation is 3. The van der Waals surface area contributed by atoms with Gasteiger partial charge in [0, 0.05) is 19.6 Å². The average molecular weight is 451 g/mol. The second kappa shape index (κ2) is 9.18. The molecule has 164 valence electrons. The van der Waals surface area contributed by atoms with E-state index in [4.69, 9.17) is 0 Å². The van der Waals surface area contributed by atoms with Crippen molar-refractivity contribution < 1.29 is 16.8 Å². The smallest absolute Gasteiger partial charge is 0.211 e. The minimum absolute atomic E-state index is 0.243. The van der Waals surface area contributed by atoms with Gasteiger partial charge in [0.05, 0.1) is 9.79 Å². The van der Waals surface area contributed by atoms with Gasteiger partial charge in [-0.15, -0.1) is 0 Å². The molecule has 1 aliphatic heterocycles. The summed E-state index contributed by atoms with van der Waals surface area (Å²) in [4.78, 5) is 0.621. The Kier molecular flexibility index (Phi) is 7.02. The molecule has 0 amide bonds. The molecule has 0 radical (unpaired) electrons. The van der Waals surface area contributed by atoms with Crippen molar-refractivity contribution in [1.82, 2.24) is 9.03 Å². The Morgan fingerprint density at radius 3 is 2.00 bits per heavy atom. The maximum atomic E-state index is 12.7. The van der Waals surface area contributed by atoms with E-state index in [1.165, 1.54) is 0 Å². The van der Waals surface area contributed by atoms with Gasteiger partial charge in [-0.3, -0.25) is 0 Å². The molecule has 6 nitrogen and oxygen atoms in total. The zero-order valence-electron chi connectivity index (χ0n) is 17.8. The first-order chi connectivity index (χ1) is 14.1. The first-order valence-electron chi connectivity index (χ1n) is 10.3. The van der Waals surface area contributed by atoms with Crippen LogP contribution in [-0.2, 0) is 26.5 Å². The Bertz CT molecular complexity index is 1080. The van der Waals surface area contributed by atoms with Gasteiger partial charge in [0.2, 0.25) is 20.0 Å². The highest BCUT2D eigenvalue weighted by molar-refractivity contribution is 7.89. The maximum absolute atomic E-state index is 12.7. The van der Waals surface area contributed by atoms with Crippen LogP contribution in [0.5, 0.6) is 0 Å². The van der Waals surface area contributed by atoms with Crippen LogP contribution in [0.25, 0.3) is 0 Å². The molecule has 2 aromatic carbocycles. The van der Waals surface area contributed by atoms with Gasteiger partial charge < -0.3 is 0 Å². The Morgan fingerprint density at radius 1 is 0.867 bits per heavy atom. The Morgan fingerprint density at radius 2 is 1.43 bits per heavy atom. The highest BCUT2D eigenvalue weighted by Gasteiger charge is 2.25. The van der Waals surface area contributed by atoms with Crippen molar-refractivity contribution in [2.75, 3.05) is 19.6 Å². The molecule has 0 saturated carbocycles. The Balaban J connectivity index is 1.64. The first-order valence-corrected chi connectivity index (χ1v) is 13.2. The Hall–Kier alpha value is -1.74. The normalized spacial score (nSPS) is 16.0. The number of nitrogens with one attached hydrogen (secondary N) is 1. The van der Waals surface area contributed by atoms with Gasteiger partial charge >= 0.3 is 0 Å². The van der Waals surface area contributed by atoms with E-state index in [0.29, 0.717) is 29.3 Å². The van der Waals surface area contributed by atoms with E-state index in [9.17, 15) is 16.8 Å². The summed E-state index contributed by atoms with van der Waals surface area (Å²) in [5.41, 5.74) is 3.37. The molecule has 0 bridgehead atoms. The lowest BCUT2D eigenvalue weighted by molar-refractivity contribution is 0.346. The van der Waals surface area contributed by atoms with Crippen LogP contribution in [-0.4, -0.2) is 40.8 Å². The zero-order chi connectivity index (χ0) is 21.9. The molecule has 3 rings (SSSR count). The van der Waals surface area contributed by atoms with Crippen LogP contribution in [0.1, 0.15) is 41.5 Å². The molecule has 1 aliphatic rings. The highest BCUT2D eigenvalue weighted by Crippen LogP contribution is 2.22. The summed E-state index contributed by atoms with van der Waals surface area (Å²) in [5, 5.41) is 0. The molecule has 0 unspecified atom stereocenters. The molecular formula is C22H30N2O4S2. The number of hydrogen-bond donors (Lipinski definition) is 1. The minimum Gasteiger partial charge on any atom is -0.211 e. The molecule has 1 N–H and O–H groups in total. The van der Waals surface area contributed by atoms with E-state index < -0.39 is 20.0 Å². The second-order valence-electron chi connectivity index (χ2n) is 7.98. The SMILES string of the molecule is Cc1cc(C)c(S(=O)(=O)NCCc2ccc(S(=O)(=O)N3CCCCC3)cc2)c(C)c1. The molecule has 0 spiro atoms. The van der Waals surface area contributed by atoms with Crippen molar-refractivity contribution >= 4 is 20.0 Å². The molecule has 1 saturated heterocycles. The third-order valence-electron chi connectivity index (χ3n) is 5.46. The number of piperidine rings is 1. The summed E-state index contributed by atoms with van der Waals surface area (Å²) >= 11 is 0. The number of rotatable bonds is 7. The average Bonchev–Trinajstić information content (AvgIpc) is 2.68. The second-order valence-corrected chi connectivity index (χ2v) is 11.6. The standard InChI is InChI=1S/C22H30N2O4S2/c1-17-15-18(2)22(19(3)16-17)29(25,26)23-12-11-20-7-9-21(10-8-20)30(27,28)24-13-5-4-6-14-24/h7-10,15-16,23H,4-6,11-14H2,1-3H3. The molecule has 1 heterocycles. The van der Waals surface area contributed by atoms with Gasteiger partial charge in [0.25, 0.3) is 0 Å². The van der Waals surface area contributed by atoms with Crippen LogP contribution in [0.2, 0.25) is 0 Å². The van der Waals surface area contributed by atoms with Gasteiger partial charge in [-0.05, 0) is 68.9 Å². The van der Waals surface area contributed by atoms with Crippen LogP contribution in [0.15, 0.2) is 46.2 Å². The van der Waals surface area contributed by atoms with Crippen LogP contribution in [0.3, 0.4) is 0 Å². The fraction of sp³-hybridized carbons (Fsp3) is 0.455. The van der Waals surface area contributed by atoms with E-state index in [0.717, 1.165) is 41.5 Å². The molecule has 0 aromatic heterocycles. The summed E-state index contributed by atoms with van der Waals surface area (Å²) in [7, 11) is -7.06. The van der Waals surface area contributed by atoms with Crippen LogP contribution >= 0.6 is 0 Å². The molecular weight excluding hydrogens is 420 g/mol. The fourth-order valence-corrected chi connectivity index (χ4v) is 7.07. The third-order valence-corrected chi connectivity index (χ3v) is 9.13. The van der Waals surface area contributed by atoms with Crippen molar-refractivity contribution in [2.45, 2.75) is 56.2 Å². The van der Waals surface area contributed by atoms with Gasteiger partial charge in [0.1, 0.15) is 0 Å². The van der Waals surface area contributed by atoms with Crippen molar-refractivity contribution in [3.8, 4) is 0 Å². The van der Waals surface area contributed by atoms with Gasteiger partial charge in [-0.2, -0.15) is 4.31 Å². The lowest BCUT2D eigenvalue weighted by Crippen LogP contribution is -2.35. The summed E-state index contributed by atoms with van der Waals surface area (Å²) < 4.78 is 55.1. The lowest BCUT2D eigenvalue weighted by Gasteiger charge is -2.25. The minimum atomic E-state index is -3.61. The summed E-state index contributed by atoms with van der Waals surface area (Å²) in [6.07, 6.45) is 3.35. The van der Waals surface area contributed by atoms with Gasteiger partial charge in [-0.25, -0.2) is 21.6 Å². The van der Waals surface area contributed by atoms with Crippen LogP contribution < -0.4 is 4.72 Å². The first kappa shape index (κ1) is 22.9. The molecule has 0 atom stereocenters. The van der Waals surface area contributed by atoms with Gasteiger partial charge in [-0.1, -0.05) is 36.2 Å². The predicted octanol–water partition coefficient (Wildman–Crippen LogP) is 3.31. The fourth-order valence-electron chi connectivity index (χ4n) is 4.07. The van der Waals surface area contributed by atoms with Crippen molar-refractivity contribution in [3.05, 3.63) is 58.7 Å². The molecule has 2 aromatic rings. The zero-order valence-corrected chi connectivity index (χ0v) is 19.4.